The molecule has 0 bridgehead atoms. The molecule has 0 atom stereocenters. The Morgan fingerprint density at radius 1 is 1.24 bits per heavy atom. The molecule has 1 aromatic heterocycles. The second-order valence-corrected chi connectivity index (χ2v) is 6.20. The van der Waals surface area contributed by atoms with Gasteiger partial charge in [0.05, 0.1) is 6.54 Å². The summed E-state index contributed by atoms with van der Waals surface area (Å²) in [5.74, 6) is 1.28. The molecule has 0 radical (unpaired) electrons. The largest absolute Gasteiger partial charge is 0.381 e. The van der Waals surface area contributed by atoms with E-state index < -0.39 is 0 Å². The van der Waals surface area contributed by atoms with Crippen molar-refractivity contribution in [1.29, 1.82) is 0 Å². The van der Waals surface area contributed by atoms with E-state index in [0.29, 0.717) is 18.3 Å². The Kier molecular flexibility index (Phi) is 4.37. The maximum Gasteiger partial charge on any atom is 0.223 e. The van der Waals surface area contributed by atoms with Crippen molar-refractivity contribution in [2.45, 2.75) is 31.8 Å². The first kappa shape index (κ1) is 14.7. The highest BCUT2D eigenvalue weighted by Crippen LogP contribution is 2.33. The average molecular weight is 352 g/mol. The van der Waals surface area contributed by atoms with Crippen molar-refractivity contribution in [3.05, 3.63) is 46.0 Å². The zero-order valence-electron chi connectivity index (χ0n) is 11.9. The Morgan fingerprint density at radius 2 is 1.95 bits per heavy atom. The summed E-state index contributed by atoms with van der Waals surface area (Å²) in [7, 11) is 0. The van der Waals surface area contributed by atoms with Crippen molar-refractivity contribution in [2.75, 3.05) is 13.2 Å². The molecule has 0 saturated carbocycles. The van der Waals surface area contributed by atoms with Crippen LogP contribution in [-0.4, -0.2) is 23.4 Å². The third kappa shape index (κ3) is 3.33. The molecule has 21 heavy (non-hydrogen) atoms. The molecule has 0 unspecified atom stereocenters. The molecule has 5 nitrogen and oxygen atoms in total. The van der Waals surface area contributed by atoms with E-state index in [1.807, 2.05) is 0 Å². The third-order valence-electron chi connectivity index (χ3n) is 3.90. The van der Waals surface area contributed by atoms with Crippen molar-refractivity contribution in [3.63, 3.8) is 0 Å². The number of hydrogen-bond acceptors (Lipinski definition) is 5. The van der Waals surface area contributed by atoms with E-state index in [2.05, 4.69) is 55.7 Å². The van der Waals surface area contributed by atoms with Gasteiger partial charge < -0.3 is 9.26 Å². The fourth-order valence-electron chi connectivity index (χ4n) is 2.72. The van der Waals surface area contributed by atoms with Gasteiger partial charge in [-0.15, -0.1) is 0 Å². The number of nitrogens with one attached hydrogen (secondary N) is 1. The van der Waals surface area contributed by atoms with Crippen LogP contribution in [0.25, 0.3) is 0 Å². The first-order valence-corrected chi connectivity index (χ1v) is 7.85. The van der Waals surface area contributed by atoms with E-state index in [0.717, 1.165) is 30.5 Å². The fraction of sp³-hybridized carbons (Fsp3) is 0.467. The lowest BCUT2D eigenvalue weighted by atomic mass is 9.82. The lowest BCUT2D eigenvalue weighted by Gasteiger charge is -2.38. The summed E-state index contributed by atoms with van der Waals surface area (Å²) < 4.78 is 11.6. The molecule has 6 heteroatoms. The molecule has 1 saturated heterocycles. The van der Waals surface area contributed by atoms with E-state index in [9.17, 15) is 0 Å². The van der Waals surface area contributed by atoms with Crippen molar-refractivity contribution in [2.24, 2.45) is 0 Å². The zero-order chi connectivity index (χ0) is 14.7. The van der Waals surface area contributed by atoms with Crippen LogP contribution >= 0.6 is 15.9 Å². The highest BCUT2D eigenvalue weighted by molar-refractivity contribution is 9.10. The molecule has 1 aliphatic heterocycles. The Bertz CT molecular complexity index is 591. The van der Waals surface area contributed by atoms with Crippen LogP contribution in [0.5, 0.6) is 0 Å². The predicted molar refractivity (Wildman–Crippen MR) is 81.7 cm³/mol. The molecule has 1 aliphatic rings. The van der Waals surface area contributed by atoms with Gasteiger partial charge >= 0.3 is 0 Å². The number of aromatic nitrogens is 2. The molecule has 0 amide bonds. The summed E-state index contributed by atoms with van der Waals surface area (Å²) in [5.41, 5.74) is 1.18. The van der Waals surface area contributed by atoms with Crippen molar-refractivity contribution in [3.8, 4) is 0 Å². The smallest absolute Gasteiger partial charge is 0.223 e. The molecule has 2 heterocycles. The second-order valence-electron chi connectivity index (χ2n) is 5.28. The van der Waals surface area contributed by atoms with Crippen LogP contribution in [0.2, 0.25) is 0 Å². The maximum absolute atomic E-state index is 5.53. The number of hydrogen-bond donors (Lipinski definition) is 1. The molecule has 112 valence electrons. The van der Waals surface area contributed by atoms with Crippen LogP contribution in [0.4, 0.5) is 0 Å². The quantitative estimate of drug-likeness (QED) is 0.917. The molecular weight excluding hydrogens is 334 g/mol. The van der Waals surface area contributed by atoms with E-state index >= 15 is 0 Å². The van der Waals surface area contributed by atoms with Gasteiger partial charge in [0.25, 0.3) is 0 Å². The SMILES string of the molecule is Cc1nc(CNC2(c3ccc(Br)cc3)CCOCC2)no1. The highest BCUT2D eigenvalue weighted by atomic mass is 79.9. The van der Waals surface area contributed by atoms with E-state index in [1.54, 1.807) is 6.92 Å². The first-order chi connectivity index (χ1) is 10.2. The van der Waals surface area contributed by atoms with Crippen LogP contribution in [0, 0.1) is 6.92 Å². The molecular formula is C15H18BrN3O2. The van der Waals surface area contributed by atoms with E-state index in [1.165, 1.54) is 5.56 Å². The standard InChI is InChI=1S/C15H18BrN3O2/c1-11-18-14(19-21-11)10-17-15(6-8-20-9-7-15)12-2-4-13(16)5-3-12/h2-5,17H,6-10H2,1H3. The highest BCUT2D eigenvalue weighted by Gasteiger charge is 2.34. The average Bonchev–Trinajstić information content (AvgIpc) is 2.92. The molecule has 2 aromatic rings. The number of nitrogens with zero attached hydrogens (tertiary/aromatic N) is 2. The third-order valence-corrected chi connectivity index (χ3v) is 4.43. The molecule has 0 aliphatic carbocycles. The monoisotopic (exact) mass is 351 g/mol. The fourth-order valence-corrected chi connectivity index (χ4v) is 2.98. The number of ether oxygens (including phenoxy) is 1. The topological polar surface area (TPSA) is 60.2 Å². The Labute approximate surface area is 132 Å². The minimum atomic E-state index is -0.0898. The lowest BCUT2D eigenvalue weighted by Crippen LogP contribution is -2.46. The minimum Gasteiger partial charge on any atom is -0.381 e. The summed E-state index contributed by atoms with van der Waals surface area (Å²) in [4.78, 5) is 4.25. The van der Waals surface area contributed by atoms with Gasteiger partial charge in [-0.1, -0.05) is 33.2 Å². The van der Waals surface area contributed by atoms with Crippen LogP contribution < -0.4 is 5.32 Å². The lowest BCUT2D eigenvalue weighted by molar-refractivity contribution is 0.0354. The number of rotatable bonds is 4. The summed E-state index contributed by atoms with van der Waals surface area (Å²) in [6.07, 6.45) is 1.87. The Balaban J connectivity index is 1.80. The van der Waals surface area contributed by atoms with E-state index in [4.69, 9.17) is 9.26 Å². The summed E-state index contributed by atoms with van der Waals surface area (Å²) >= 11 is 3.49. The maximum atomic E-state index is 5.53. The van der Waals surface area contributed by atoms with Gasteiger partial charge in [0.15, 0.2) is 5.82 Å². The number of halogens is 1. The van der Waals surface area contributed by atoms with Crippen LogP contribution in [-0.2, 0) is 16.8 Å². The summed E-state index contributed by atoms with van der Waals surface area (Å²) in [6, 6.07) is 8.47. The molecule has 0 spiro atoms. The van der Waals surface area contributed by atoms with E-state index in [-0.39, 0.29) is 5.54 Å². The van der Waals surface area contributed by atoms with Gasteiger partial charge in [-0.3, -0.25) is 5.32 Å². The Hall–Kier alpha value is -1.24. The van der Waals surface area contributed by atoms with Gasteiger partial charge in [0.1, 0.15) is 0 Å². The predicted octanol–water partition coefficient (Wildman–Crippen LogP) is 2.94. The minimum absolute atomic E-state index is 0.0898. The zero-order valence-corrected chi connectivity index (χ0v) is 13.5. The second kappa shape index (κ2) is 6.25. The van der Waals surface area contributed by atoms with Gasteiger partial charge in [0.2, 0.25) is 5.89 Å². The van der Waals surface area contributed by atoms with Crippen molar-refractivity contribution < 1.29 is 9.26 Å². The molecule has 3 rings (SSSR count). The van der Waals surface area contributed by atoms with Crippen LogP contribution in [0.3, 0.4) is 0 Å². The van der Waals surface area contributed by atoms with Gasteiger partial charge in [0, 0.05) is 30.1 Å². The van der Waals surface area contributed by atoms with Crippen LogP contribution in [0.1, 0.15) is 30.1 Å². The number of aryl methyl sites for hydroxylation is 1. The summed E-state index contributed by atoms with van der Waals surface area (Å²) in [5, 5.41) is 7.57. The van der Waals surface area contributed by atoms with Gasteiger partial charge in [-0.2, -0.15) is 4.98 Å². The molecule has 1 N–H and O–H groups in total. The van der Waals surface area contributed by atoms with Gasteiger partial charge in [-0.25, -0.2) is 0 Å². The van der Waals surface area contributed by atoms with Gasteiger partial charge in [-0.05, 0) is 30.5 Å². The Morgan fingerprint density at radius 3 is 2.57 bits per heavy atom. The van der Waals surface area contributed by atoms with Crippen LogP contribution in [0.15, 0.2) is 33.3 Å². The molecule has 1 aromatic carbocycles. The molecule has 1 fully saturated rings. The number of benzene rings is 1. The normalized spacial score (nSPS) is 17.8. The first-order valence-electron chi connectivity index (χ1n) is 7.06. The summed E-state index contributed by atoms with van der Waals surface area (Å²) in [6.45, 7) is 3.91. The van der Waals surface area contributed by atoms with Crippen molar-refractivity contribution in [1.82, 2.24) is 15.5 Å². The van der Waals surface area contributed by atoms with Crippen molar-refractivity contribution >= 4 is 15.9 Å².